The van der Waals surface area contributed by atoms with E-state index in [-0.39, 0.29) is 12.0 Å². The fraction of sp³-hybridized carbons (Fsp3) is 0.125. The molecule has 0 saturated carbocycles. The van der Waals surface area contributed by atoms with Gasteiger partial charge in [-0.05, 0) is 6.07 Å². The summed E-state index contributed by atoms with van der Waals surface area (Å²) in [7, 11) is 0. The van der Waals surface area contributed by atoms with Crippen LogP contribution < -0.4 is 5.73 Å². The van der Waals surface area contributed by atoms with E-state index in [1.54, 1.807) is 0 Å². The first-order valence-corrected chi connectivity index (χ1v) is 3.36. The lowest BCUT2D eigenvalue weighted by atomic mass is 10.1. The van der Waals surface area contributed by atoms with Gasteiger partial charge in [-0.15, -0.1) is 0 Å². The molecule has 0 spiro atoms. The molecule has 1 amide bonds. The van der Waals surface area contributed by atoms with Gasteiger partial charge >= 0.3 is 0 Å². The van der Waals surface area contributed by atoms with Crippen LogP contribution in [0.15, 0.2) is 18.2 Å². The minimum absolute atomic E-state index is 0.113. The molecule has 0 aliphatic rings. The third-order valence-electron chi connectivity index (χ3n) is 1.42. The highest BCUT2D eigenvalue weighted by Crippen LogP contribution is 2.18. The van der Waals surface area contributed by atoms with Gasteiger partial charge in [0.1, 0.15) is 0 Å². The highest BCUT2D eigenvalue weighted by atomic mass is 19.1. The van der Waals surface area contributed by atoms with Gasteiger partial charge in [-0.25, -0.2) is 4.39 Å². The maximum atomic E-state index is 12.9. The molecule has 0 aliphatic carbocycles. The number of phenolic OH excluding ortho intramolecular Hbond substituents is 1. The Labute approximate surface area is 68.6 Å². The highest BCUT2D eigenvalue weighted by molar-refractivity contribution is 5.76. The van der Waals surface area contributed by atoms with Crippen LogP contribution in [0.25, 0.3) is 0 Å². The molecule has 0 unspecified atom stereocenters. The number of rotatable bonds is 2. The van der Waals surface area contributed by atoms with Gasteiger partial charge in [-0.3, -0.25) is 4.79 Å². The van der Waals surface area contributed by atoms with Gasteiger partial charge in [0, 0.05) is 5.56 Å². The van der Waals surface area contributed by atoms with Gasteiger partial charge in [0.2, 0.25) is 5.91 Å². The summed E-state index contributed by atoms with van der Waals surface area (Å²) in [6.45, 7) is 0. The number of phenols is 1. The molecule has 0 radical (unpaired) electrons. The average molecular weight is 169 g/mol. The van der Waals surface area contributed by atoms with Crippen molar-refractivity contribution in [1.82, 2.24) is 0 Å². The number of halogens is 1. The van der Waals surface area contributed by atoms with Crippen LogP contribution in [0.2, 0.25) is 0 Å². The smallest absolute Gasteiger partial charge is 0.221 e. The van der Waals surface area contributed by atoms with Crippen molar-refractivity contribution in [3.8, 4) is 5.75 Å². The van der Waals surface area contributed by atoms with Crippen molar-refractivity contribution in [1.29, 1.82) is 0 Å². The van der Waals surface area contributed by atoms with Crippen molar-refractivity contribution >= 4 is 5.91 Å². The lowest BCUT2D eigenvalue weighted by Crippen LogP contribution is -2.14. The molecule has 0 heterocycles. The molecule has 0 fully saturated rings. The number of nitrogens with two attached hydrogens (primary N) is 1. The summed E-state index contributed by atoms with van der Waals surface area (Å²) in [6.07, 6.45) is -0.194. The second-order valence-electron chi connectivity index (χ2n) is 2.39. The van der Waals surface area contributed by atoms with Crippen molar-refractivity contribution in [3.63, 3.8) is 0 Å². The monoisotopic (exact) mass is 169 g/mol. The summed E-state index contributed by atoms with van der Waals surface area (Å²) in [5.41, 5.74) is 4.97. The van der Waals surface area contributed by atoms with Gasteiger partial charge in [0.25, 0.3) is 0 Å². The topological polar surface area (TPSA) is 63.3 Å². The summed E-state index contributed by atoms with van der Waals surface area (Å²) >= 11 is 0. The summed E-state index contributed by atoms with van der Waals surface area (Å²) in [5, 5.41) is 8.89. The zero-order valence-corrected chi connectivity index (χ0v) is 6.25. The Hall–Kier alpha value is -1.58. The molecule has 0 saturated heterocycles. The zero-order valence-electron chi connectivity index (χ0n) is 6.25. The van der Waals surface area contributed by atoms with E-state index in [1.807, 2.05) is 0 Å². The minimum atomic E-state index is -0.781. The third-order valence-corrected chi connectivity index (χ3v) is 1.42. The normalized spacial score (nSPS) is 9.75. The molecule has 0 aromatic heterocycles. The van der Waals surface area contributed by atoms with Crippen molar-refractivity contribution < 1.29 is 14.3 Å². The SMILES string of the molecule is NC(=O)Cc1cccc(O)c1F. The number of hydrogen-bond donors (Lipinski definition) is 2. The average Bonchev–Trinajstić information content (AvgIpc) is 1.98. The van der Waals surface area contributed by atoms with Crippen molar-refractivity contribution in [3.05, 3.63) is 29.6 Å². The molecule has 0 bridgehead atoms. The maximum Gasteiger partial charge on any atom is 0.221 e. The largest absolute Gasteiger partial charge is 0.505 e. The molecule has 12 heavy (non-hydrogen) atoms. The molecular formula is C8H8FNO2. The van der Waals surface area contributed by atoms with Crippen molar-refractivity contribution in [2.45, 2.75) is 6.42 Å². The Morgan fingerprint density at radius 1 is 1.58 bits per heavy atom. The second kappa shape index (κ2) is 3.21. The summed E-state index contributed by atoms with van der Waals surface area (Å²) in [5.74, 6) is -1.87. The minimum Gasteiger partial charge on any atom is -0.505 e. The van der Waals surface area contributed by atoms with Gasteiger partial charge in [0.05, 0.1) is 6.42 Å². The third kappa shape index (κ3) is 1.72. The van der Waals surface area contributed by atoms with Gasteiger partial charge < -0.3 is 10.8 Å². The predicted molar refractivity (Wildman–Crippen MR) is 41.0 cm³/mol. The molecular weight excluding hydrogens is 161 g/mol. The van der Waals surface area contributed by atoms with Crippen LogP contribution in [0, 0.1) is 5.82 Å². The van der Waals surface area contributed by atoms with Crippen molar-refractivity contribution in [2.24, 2.45) is 5.73 Å². The standard InChI is InChI=1S/C8H8FNO2/c9-8-5(4-7(10)12)2-1-3-6(8)11/h1-3,11H,4H2,(H2,10,12). The van der Waals surface area contributed by atoms with Crippen LogP contribution in [0.4, 0.5) is 4.39 Å². The number of primary amides is 1. The lowest BCUT2D eigenvalue weighted by molar-refractivity contribution is -0.117. The summed E-state index contributed by atoms with van der Waals surface area (Å²) < 4.78 is 12.9. The predicted octanol–water partition coefficient (Wildman–Crippen LogP) is 0.559. The van der Waals surface area contributed by atoms with Crippen LogP contribution in [-0.2, 0) is 11.2 Å². The molecule has 1 aromatic carbocycles. The quantitative estimate of drug-likeness (QED) is 0.679. The van der Waals surface area contributed by atoms with Gasteiger partial charge in [0.15, 0.2) is 11.6 Å². The lowest BCUT2D eigenvalue weighted by Gasteiger charge is -2.00. The zero-order chi connectivity index (χ0) is 9.14. The molecule has 0 aliphatic heterocycles. The highest BCUT2D eigenvalue weighted by Gasteiger charge is 2.08. The summed E-state index contributed by atoms with van der Waals surface area (Å²) in [6, 6.07) is 4.07. The van der Waals surface area contributed by atoms with Crippen LogP contribution in [0.5, 0.6) is 5.75 Å². The van der Waals surface area contributed by atoms with E-state index in [1.165, 1.54) is 18.2 Å². The van der Waals surface area contributed by atoms with E-state index in [0.717, 1.165) is 0 Å². The fourth-order valence-electron chi connectivity index (χ4n) is 0.890. The van der Waals surface area contributed by atoms with Gasteiger partial charge in [-0.1, -0.05) is 12.1 Å². The maximum absolute atomic E-state index is 12.9. The first kappa shape index (κ1) is 8.52. The van der Waals surface area contributed by atoms with Crippen LogP contribution in [-0.4, -0.2) is 11.0 Å². The second-order valence-corrected chi connectivity index (χ2v) is 2.39. The van der Waals surface area contributed by atoms with E-state index in [9.17, 15) is 9.18 Å². The number of aromatic hydroxyl groups is 1. The Kier molecular flexibility index (Phi) is 2.28. The molecule has 64 valence electrons. The van der Waals surface area contributed by atoms with E-state index in [0.29, 0.717) is 0 Å². The Morgan fingerprint density at radius 2 is 2.25 bits per heavy atom. The van der Waals surface area contributed by atoms with Crippen LogP contribution in [0.1, 0.15) is 5.56 Å². The Bertz CT molecular complexity index is 312. The first-order chi connectivity index (χ1) is 5.61. The first-order valence-electron chi connectivity index (χ1n) is 3.36. The van der Waals surface area contributed by atoms with Crippen molar-refractivity contribution in [2.75, 3.05) is 0 Å². The number of carbonyl (C=O) groups excluding carboxylic acids is 1. The molecule has 0 atom stereocenters. The van der Waals surface area contributed by atoms with E-state index in [4.69, 9.17) is 10.8 Å². The molecule has 1 rings (SSSR count). The number of hydrogen-bond acceptors (Lipinski definition) is 2. The molecule has 3 N–H and O–H groups in total. The van der Waals surface area contributed by atoms with Crippen LogP contribution in [0.3, 0.4) is 0 Å². The molecule has 4 heteroatoms. The number of amides is 1. The van der Waals surface area contributed by atoms with Crippen LogP contribution >= 0.6 is 0 Å². The molecule has 3 nitrogen and oxygen atoms in total. The Morgan fingerprint density at radius 3 is 2.83 bits per heavy atom. The van der Waals surface area contributed by atoms with E-state index in [2.05, 4.69) is 0 Å². The number of benzene rings is 1. The van der Waals surface area contributed by atoms with E-state index < -0.39 is 17.5 Å². The Balaban J connectivity index is 3.00. The number of carbonyl (C=O) groups is 1. The molecule has 1 aromatic rings. The summed E-state index contributed by atoms with van der Waals surface area (Å²) in [4.78, 5) is 10.4. The van der Waals surface area contributed by atoms with Gasteiger partial charge in [-0.2, -0.15) is 0 Å². The van der Waals surface area contributed by atoms with E-state index >= 15 is 0 Å². The fourth-order valence-corrected chi connectivity index (χ4v) is 0.890.